The molecule has 1 aromatic rings. The van der Waals surface area contributed by atoms with Gasteiger partial charge in [-0.1, -0.05) is 12.2 Å². The van der Waals surface area contributed by atoms with Crippen LogP contribution in [0.15, 0.2) is 24.5 Å². The summed E-state index contributed by atoms with van der Waals surface area (Å²) in [6.45, 7) is 0.576. The largest absolute Gasteiger partial charge is 0.352 e. The summed E-state index contributed by atoms with van der Waals surface area (Å²) in [7, 11) is 0. The van der Waals surface area contributed by atoms with Gasteiger partial charge in [-0.3, -0.25) is 9.89 Å². The highest BCUT2D eigenvalue weighted by molar-refractivity contribution is 5.79. The topological polar surface area (TPSA) is 57.8 Å². The van der Waals surface area contributed by atoms with Crippen molar-refractivity contribution in [2.24, 2.45) is 17.8 Å². The van der Waals surface area contributed by atoms with Gasteiger partial charge in [-0.05, 0) is 24.7 Å². The van der Waals surface area contributed by atoms with Gasteiger partial charge < -0.3 is 5.32 Å². The number of allylic oxidation sites excluding steroid dienone is 2. The Bertz CT molecular complexity index is 410. The predicted octanol–water partition coefficient (Wildman–Crippen LogP) is 1.24. The lowest BCUT2D eigenvalue weighted by molar-refractivity contribution is -0.125. The Hall–Kier alpha value is -1.58. The molecule has 0 aliphatic heterocycles. The molecular weight excluding hydrogens is 202 g/mol. The molecule has 2 aliphatic rings. The molecule has 84 valence electrons. The van der Waals surface area contributed by atoms with Crippen molar-refractivity contribution in [1.82, 2.24) is 15.5 Å². The van der Waals surface area contributed by atoms with Crippen LogP contribution in [0.5, 0.6) is 0 Å². The molecular formula is C12H15N3O. The summed E-state index contributed by atoms with van der Waals surface area (Å²) in [6, 6.07) is 0. The average molecular weight is 217 g/mol. The van der Waals surface area contributed by atoms with Crippen LogP contribution in [-0.2, 0) is 11.3 Å². The number of aromatic amines is 1. The minimum absolute atomic E-state index is 0.193. The number of rotatable bonds is 3. The molecule has 1 heterocycles. The third-order valence-corrected chi connectivity index (χ3v) is 3.64. The number of nitrogens with one attached hydrogen (secondary N) is 2. The highest BCUT2D eigenvalue weighted by Gasteiger charge is 2.39. The lowest BCUT2D eigenvalue weighted by atomic mass is 9.93. The quantitative estimate of drug-likeness (QED) is 0.748. The molecule has 4 heteroatoms. The maximum atomic E-state index is 12.0. The number of fused-ring (bicyclic) bond motifs is 2. The molecule has 0 saturated heterocycles. The van der Waals surface area contributed by atoms with Crippen LogP contribution >= 0.6 is 0 Å². The van der Waals surface area contributed by atoms with Crippen molar-refractivity contribution in [3.05, 3.63) is 30.1 Å². The highest BCUT2D eigenvalue weighted by Crippen LogP contribution is 2.43. The standard InChI is InChI=1S/C12H15N3O/c16-12(13-5-9-6-14-15-7-9)11-4-8-1-2-10(11)3-8/h1-2,6-8,10-11H,3-5H2,(H,13,16)(H,14,15). The Labute approximate surface area is 94.1 Å². The number of nitrogens with zero attached hydrogens (tertiary/aromatic N) is 1. The van der Waals surface area contributed by atoms with E-state index in [1.54, 1.807) is 12.4 Å². The normalized spacial score (nSPS) is 30.9. The Kier molecular flexibility index (Phi) is 2.27. The molecule has 2 aliphatic carbocycles. The van der Waals surface area contributed by atoms with Gasteiger partial charge in [0, 0.05) is 24.2 Å². The van der Waals surface area contributed by atoms with E-state index < -0.39 is 0 Å². The minimum atomic E-state index is 0.193. The van der Waals surface area contributed by atoms with Gasteiger partial charge in [-0.25, -0.2) is 0 Å². The van der Waals surface area contributed by atoms with E-state index in [2.05, 4.69) is 27.7 Å². The molecule has 1 amide bonds. The van der Waals surface area contributed by atoms with Crippen molar-refractivity contribution in [2.75, 3.05) is 0 Å². The molecule has 0 aromatic carbocycles. The van der Waals surface area contributed by atoms with E-state index in [9.17, 15) is 4.79 Å². The summed E-state index contributed by atoms with van der Waals surface area (Å²) in [5, 5.41) is 9.56. The van der Waals surface area contributed by atoms with Gasteiger partial charge in [0.15, 0.2) is 0 Å². The van der Waals surface area contributed by atoms with E-state index in [-0.39, 0.29) is 11.8 Å². The summed E-state index contributed by atoms with van der Waals surface area (Å²) < 4.78 is 0. The summed E-state index contributed by atoms with van der Waals surface area (Å²) in [5.74, 6) is 1.52. The van der Waals surface area contributed by atoms with Gasteiger partial charge in [0.05, 0.1) is 6.20 Å². The van der Waals surface area contributed by atoms with E-state index in [4.69, 9.17) is 0 Å². The van der Waals surface area contributed by atoms with Crippen LogP contribution in [0, 0.1) is 17.8 Å². The zero-order chi connectivity index (χ0) is 11.0. The van der Waals surface area contributed by atoms with Gasteiger partial charge in [-0.15, -0.1) is 0 Å². The zero-order valence-electron chi connectivity index (χ0n) is 9.02. The van der Waals surface area contributed by atoms with E-state index in [1.807, 2.05) is 0 Å². The Morgan fingerprint density at radius 3 is 3.06 bits per heavy atom. The first-order chi connectivity index (χ1) is 7.83. The number of hydrogen-bond acceptors (Lipinski definition) is 2. The first-order valence-corrected chi connectivity index (χ1v) is 5.76. The Morgan fingerprint density at radius 2 is 2.44 bits per heavy atom. The lowest BCUT2D eigenvalue weighted by Crippen LogP contribution is -2.32. The molecule has 3 atom stereocenters. The predicted molar refractivity (Wildman–Crippen MR) is 59.3 cm³/mol. The van der Waals surface area contributed by atoms with Crippen LogP contribution < -0.4 is 5.32 Å². The third kappa shape index (κ3) is 1.64. The van der Waals surface area contributed by atoms with Crippen molar-refractivity contribution >= 4 is 5.91 Å². The van der Waals surface area contributed by atoms with Crippen molar-refractivity contribution in [1.29, 1.82) is 0 Å². The van der Waals surface area contributed by atoms with Crippen LogP contribution in [-0.4, -0.2) is 16.1 Å². The monoisotopic (exact) mass is 217 g/mol. The second-order valence-electron chi connectivity index (χ2n) is 4.71. The second kappa shape index (κ2) is 3.77. The number of amides is 1. The highest BCUT2D eigenvalue weighted by atomic mass is 16.1. The van der Waals surface area contributed by atoms with Crippen molar-refractivity contribution in [3.8, 4) is 0 Å². The maximum absolute atomic E-state index is 12.0. The maximum Gasteiger partial charge on any atom is 0.223 e. The number of carbonyl (C=O) groups is 1. The molecule has 16 heavy (non-hydrogen) atoms. The van der Waals surface area contributed by atoms with Crippen LogP contribution in [0.2, 0.25) is 0 Å². The minimum Gasteiger partial charge on any atom is -0.352 e. The second-order valence-corrected chi connectivity index (χ2v) is 4.71. The summed E-state index contributed by atoms with van der Waals surface area (Å²) in [5.41, 5.74) is 1.02. The van der Waals surface area contributed by atoms with Crippen LogP contribution in [0.3, 0.4) is 0 Å². The zero-order valence-corrected chi connectivity index (χ0v) is 9.02. The van der Waals surface area contributed by atoms with Crippen molar-refractivity contribution in [3.63, 3.8) is 0 Å². The molecule has 3 unspecified atom stereocenters. The van der Waals surface area contributed by atoms with Crippen molar-refractivity contribution in [2.45, 2.75) is 19.4 Å². The summed E-state index contributed by atoms with van der Waals surface area (Å²) >= 11 is 0. The summed E-state index contributed by atoms with van der Waals surface area (Å²) in [4.78, 5) is 12.0. The van der Waals surface area contributed by atoms with Crippen LogP contribution in [0.4, 0.5) is 0 Å². The van der Waals surface area contributed by atoms with Gasteiger partial charge in [0.2, 0.25) is 5.91 Å². The lowest BCUT2D eigenvalue weighted by Gasteiger charge is -2.17. The van der Waals surface area contributed by atoms with Gasteiger partial charge >= 0.3 is 0 Å². The van der Waals surface area contributed by atoms with Crippen molar-refractivity contribution < 1.29 is 4.79 Å². The fourth-order valence-electron chi connectivity index (χ4n) is 2.78. The van der Waals surface area contributed by atoms with Gasteiger partial charge in [0.1, 0.15) is 0 Å². The number of aromatic nitrogens is 2. The molecule has 0 radical (unpaired) electrons. The summed E-state index contributed by atoms with van der Waals surface area (Å²) in [6.07, 6.45) is 10.2. The molecule has 4 nitrogen and oxygen atoms in total. The fraction of sp³-hybridized carbons (Fsp3) is 0.500. The smallest absolute Gasteiger partial charge is 0.223 e. The average Bonchev–Trinajstić information content (AvgIpc) is 3.01. The molecule has 2 bridgehead atoms. The number of carbonyl (C=O) groups excluding carboxylic acids is 1. The SMILES string of the molecule is O=C(NCc1cn[nH]c1)C1CC2C=CC1C2. The molecule has 2 N–H and O–H groups in total. The number of hydrogen-bond donors (Lipinski definition) is 2. The Morgan fingerprint density at radius 1 is 1.50 bits per heavy atom. The first-order valence-electron chi connectivity index (χ1n) is 5.76. The molecule has 1 saturated carbocycles. The van der Waals surface area contributed by atoms with Gasteiger partial charge in [0.25, 0.3) is 0 Å². The molecule has 1 aromatic heterocycles. The fourth-order valence-corrected chi connectivity index (χ4v) is 2.78. The number of H-pyrrole nitrogens is 1. The molecule has 1 fully saturated rings. The van der Waals surface area contributed by atoms with E-state index in [0.717, 1.165) is 12.0 Å². The molecule has 3 rings (SSSR count). The van der Waals surface area contributed by atoms with E-state index >= 15 is 0 Å². The first kappa shape index (κ1) is 9.63. The van der Waals surface area contributed by atoms with E-state index in [0.29, 0.717) is 18.4 Å². The van der Waals surface area contributed by atoms with E-state index in [1.165, 1.54) is 6.42 Å². The van der Waals surface area contributed by atoms with Crippen LogP contribution in [0.1, 0.15) is 18.4 Å². The van der Waals surface area contributed by atoms with Gasteiger partial charge in [-0.2, -0.15) is 5.10 Å². The third-order valence-electron chi connectivity index (χ3n) is 3.64. The van der Waals surface area contributed by atoms with Crippen LogP contribution in [0.25, 0.3) is 0 Å². The molecule has 0 spiro atoms. The Balaban J connectivity index is 1.56.